The van der Waals surface area contributed by atoms with Gasteiger partial charge in [0.15, 0.2) is 0 Å². The molecule has 0 bridgehead atoms. The fourth-order valence-electron chi connectivity index (χ4n) is 12.8. The first-order valence-electron chi connectivity index (χ1n) is 40.2. The van der Waals surface area contributed by atoms with Gasteiger partial charge in [-0.2, -0.15) is 0 Å². The molecule has 0 aromatic carbocycles. The summed E-state index contributed by atoms with van der Waals surface area (Å²) in [6.45, 7) is 20.2. The number of cyclic esters (lactones) is 5. The van der Waals surface area contributed by atoms with E-state index in [1.807, 2.05) is 69.2 Å². The number of hydrogen-bond donors (Lipinski definition) is 0. The Kier molecular flexibility index (Phi) is 54.7. The Morgan fingerprint density at radius 2 is 0.358 bits per heavy atom. The third-order valence-corrected chi connectivity index (χ3v) is 18.8. The molecule has 5 heterocycles. The molecular weight excluding hydrogens is 1180 g/mol. The number of hydrogen-bond acceptors (Lipinski definition) is 10. The zero-order valence-corrected chi connectivity index (χ0v) is 64.0. The first-order chi connectivity index (χ1) is 45.5. The Bertz CT molecular complexity index is 1900. The Labute approximate surface area is 586 Å². The SMILES string of the molecule is CC1(C)C/C=C/CCCCCCCCCCC(=O)O1.CC1(C)C/C=C\CCCCCCCCCCC(=O)O1.CC1(C)CC/C=C/CCCCCCCCCC(=O)O1.CC1(C)CC/C=C\CCCCCCCCCC(=O)O1.CC1(C)CCCCCCCCCCCCCC(=O)O1. The third-order valence-electron chi connectivity index (χ3n) is 18.8. The summed E-state index contributed by atoms with van der Waals surface area (Å²) in [5, 5.41) is 0. The fourth-order valence-corrected chi connectivity index (χ4v) is 12.8. The van der Waals surface area contributed by atoms with Crippen molar-refractivity contribution in [1.82, 2.24) is 0 Å². The smallest absolute Gasteiger partial charge is 0.306 e. The first kappa shape index (κ1) is 89.3. The molecule has 0 atom stereocenters. The highest BCUT2D eigenvalue weighted by atomic mass is 16.6. The molecule has 10 heteroatoms. The maximum Gasteiger partial charge on any atom is 0.306 e. The lowest BCUT2D eigenvalue weighted by Gasteiger charge is -2.25. The van der Waals surface area contributed by atoms with E-state index in [1.54, 1.807) is 0 Å². The Hall–Kier alpha value is -3.69. The van der Waals surface area contributed by atoms with Gasteiger partial charge in [-0.25, -0.2) is 0 Å². The van der Waals surface area contributed by atoms with Crippen LogP contribution in [0.1, 0.15) is 435 Å². The maximum absolute atomic E-state index is 11.8. The molecule has 0 N–H and O–H groups in total. The van der Waals surface area contributed by atoms with E-state index in [-0.39, 0.29) is 57.9 Å². The predicted octanol–water partition coefficient (Wildman–Crippen LogP) is 26.1. The van der Waals surface area contributed by atoms with E-state index < -0.39 is 0 Å². The van der Waals surface area contributed by atoms with Crippen LogP contribution in [0.3, 0.4) is 0 Å². The lowest BCUT2D eigenvalue weighted by atomic mass is 9.98. The highest BCUT2D eigenvalue weighted by Gasteiger charge is 2.26. The average molecular weight is 1330 g/mol. The van der Waals surface area contributed by atoms with E-state index in [0.29, 0.717) is 32.1 Å². The Morgan fingerprint density at radius 1 is 0.189 bits per heavy atom. The molecule has 0 aliphatic carbocycles. The van der Waals surface area contributed by atoms with Gasteiger partial charge in [-0.15, -0.1) is 0 Å². The summed E-state index contributed by atoms with van der Waals surface area (Å²) in [6, 6.07) is 0. The molecule has 5 rings (SSSR count). The van der Waals surface area contributed by atoms with Crippen LogP contribution in [0.4, 0.5) is 0 Å². The van der Waals surface area contributed by atoms with Crippen molar-refractivity contribution in [3.8, 4) is 0 Å². The summed E-state index contributed by atoms with van der Waals surface area (Å²) >= 11 is 0. The maximum atomic E-state index is 11.8. The highest BCUT2D eigenvalue weighted by Crippen LogP contribution is 2.26. The van der Waals surface area contributed by atoms with Gasteiger partial charge in [-0.3, -0.25) is 24.0 Å². The summed E-state index contributed by atoms with van der Waals surface area (Å²) in [6.07, 6.45) is 83.6. The molecule has 0 aromatic heterocycles. The molecular formula is C85H152O10. The molecule has 0 radical (unpaired) electrons. The second kappa shape index (κ2) is 58.1. The van der Waals surface area contributed by atoms with Crippen LogP contribution < -0.4 is 0 Å². The van der Waals surface area contributed by atoms with Crippen LogP contribution in [0, 0.1) is 0 Å². The van der Waals surface area contributed by atoms with Gasteiger partial charge in [-0.1, -0.05) is 248 Å². The van der Waals surface area contributed by atoms with E-state index in [2.05, 4.69) is 48.6 Å². The van der Waals surface area contributed by atoms with Crippen molar-refractivity contribution < 1.29 is 47.7 Å². The fraction of sp³-hybridized carbons (Fsp3) is 0.847. The Morgan fingerprint density at radius 3 is 0.600 bits per heavy atom. The zero-order chi connectivity index (χ0) is 69.9. The van der Waals surface area contributed by atoms with E-state index in [1.165, 1.54) is 218 Å². The molecule has 0 spiro atoms. The average Bonchev–Trinajstić information content (AvgIpc) is 1.50. The molecule has 1 fully saturated rings. The van der Waals surface area contributed by atoms with Gasteiger partial charge in [-0.05, 0) is 191 Å². The monoisotopic (exact) mass is 1330 g/mol. The highest BCUT2D eigenvalue weighted by molar-refractivity contribution is 5.71. The van der Waals surface area contributed by atoms with Gasteiger partial charge in [0.2, 0.25) is 0 Å². The van der Waals surface area contributed by atoms with Crippen molar-refractivity contribution in [2.24, 2.45) is 0 Å². The van der Waals surface area contributed by atoms with E-state index in [9.17, 15) is 24.0 Å². The van der Waals surface area contributed by atoms with Gasteiger partial charge in [0.05, 0.1) is 0 Å². The lowest BCUT2D eigenvalue weighted by Crippen LogP contribution is -2.27. The number of carbonyl (C=O) groups excluding carboxylic acids is 5. The van der Waals surface area contributed by atoms with E-state index >= 15 is 0 Å². The molecule has 95 heavy (non-hydrogen) atoms. The van der Waals surface area contributed by atoms with Gasteiger partial charge in [0, 0.05) is 44.9 Å². The normalized spacial score (nSPS) is 25.3. The largest absolute Gasteiger partial charge is 0.460 e. The minimum Gasteiger partial charge on any atom is -0.460 e. The van der Waals surface area contributed by atoms with Crippen LogP contribution in [0.15, 0.2) is 48.6 Å². The summed E-state index contributed by atoms with van der Waals surface area (Å²) < 4.78 is 27.8. The molecule has 0 amide bonds. The number of rotatable bonds is 0. The lowest BCUT2D eigenvalue weighted by molar-refractivity contribution is -0.158. The van der Waals surface area contributed by atoms with Crippen LogP contribution >= 0.6 is 0 Å². The molecule has 0 unspecified atom stereocenters. The number of ether oxygens (including phenoxy) is 5. The quantitative estimate of drug-likeness (QED) is 0.131. The second-order valence-electron chi connectivity index (χ2n) is 31.7. The summed E-state index contributed by atoms with van der Waals surface area (Å²) in [4.78, 5) is 58.8. The molecule has 0 aromatic rings. The van der Waals surface area contributed by atoms with Gasteiger partial charge >= 0.3 is 29.8 Å². The van der Waals surface area contributed by atoms with Crippen LogP contribution in [0.25, 0.3) is 0 Å². The molecule has 1 saturated heterocycles. The molecule has 0 saturated carbocycles. The van der Waals surface area contributed by atoms with Crippen molar-refractivity contribution in [3.63, 3.8) is 0 Å². The van der Waals surface area contributed by atoms with Crippen LogP contribution in [-0.4, -0.2) is 57.9 Å². The van der Waals surface area contributed by atoms with Crippen molar-refractivity contribution in [1.29, 1.82) is 0 Å². The molecule has 552 valence electrons. The van der Waals surface area contributed by atoms with Crippen molar-refractivity contribution in [3.05, 3.63) is 48.6 Å². The number of esters is 5. The standard InChI is InChI=1S/C17H32O2.4C17H30O2/c5*1-17(2)15-13-11-9-7-5-3-4-6-8-10-12-14-16(18)19-17/h3-15H2,1-2H3;2*11,13H,3-10,12,14-15H2,1-2H3;2*9,11H,3-8,10,12-15H2,1-2H3/b;13-11+;13-11-;11-9+;11-9-. The van der Waals surface area contributed by atoms with Crippen LogP contribution in [-0.2, 0) is 47.7 Å². The van der Waals surface area contributed by atoms with Gasteiger partial charge in [0.1, 0.15) is 28.0 Å². The number of carbonyl (C=O) groups is 5. The van der Waals surface area contributed by atoms with E-state index in [4.69, 9.17) is 23.7 Å². The van der Waals surface area contributed by atoms with Crippen molar-refractivity contribution in [2.45, 2.75) is 463 Å². The topological polar surface area (TPSA) is 132 Å². The second-order valence-corrected chi connectivity index (χ2v) is 31.7. The first-order valence-corrected chi connectivity index (χ1v) is 40.2. The minimum absolute atomic E-state index is 0.00269. The minimum atomic E-state index is -0.356. The molecule has 5 aliphatic heterocycles. The zero-order valence-electron chi connectivity index (χ0n) is 64.0. The molecule has 10 nitrogen and oxygen atoms in total. The van der Waals surface area contributed by atoms with Crippen LogP contribution in [0.5, 0.6) is 0 Å². The summed E-state index contributed by atoms with van der Waals surface area (Å²) in [5.41, 5.74) is -1.62. The summed E-state index contributed by atoms with van der Waals surface area (Å²) in [7, 11) is 0. The predicted molar refractivity (Wildman–Crippen MR) is 401 cm³/mol. The van der Waals surface area contributed by atoms with Crippen molar-refractivity contribution in [2.75, 3.05) is 0 Å². The van der Waals surface area contributed by atoms with Gasteiger partial charge in [0.25, 0.3) is 0 Å². The number of allylic oxidation sites excluding steroid dienone is 6. The van der Waals surface area contributed by atoms with E-state index in [0.717, 1.165) is 116 Å². The third kappa shape index (κ3) is 62.3. The van der Waals surface area contributed by atoms with Crippen LogP contribution in [0.2, 0.25) is 0 Å². The van der Waals surface area contributed by atoms with Gasteiger partial charge < -0.3 is 23.7 Å². The molecule has 5 aliphatic rings. The Balaban J connectivity index is 0.000000594. The van der Waals surface area contributed by atoms with Crippen molar-refractivity contribution >= 4 is 29.8 Å². The summed E-state index contributed by atoms with van der Waals surface area (Å²) in [5.74, 6) is -0.129.